The number of amides is 1. The summed E-state index contributed by atoms with van der Waals surface area (Å²) in [5, 5.41) is 15.9. The summed E-state index contributed by atoms with van der Waals surface area (Å²) in [6.07, 6.45) is 1.58. The van der Waals surface area contributed by atoms with Gasteiger partial charge in [-0.15, -0.1) is 0 Å². The standard InChI is InChI=1S/C28H25ClN2O4.HPS/c1-2-34-23-12-7-19(8-13-23)18-35-27-14-11-20(15-26(27)29)28(33)31-30-16-21-9-10-22(17-32)25-6-4-3-5-24(21)25;1-2/h3-16,32H,2,17-18H2,1H3,(H,31,33);1H/b30-16+;. The molecule has 0 fully saturated rings. The summed E-state index contributed by atoms with van der Waals surface area (Å²) in [6, 6.07) is 23.9. The molecular formula is C28H26ClN2O4PS. The molecule has 4 aromatic rings. The SMILES string of the molecule is CCOc1ccc(COc2ccc(C(=O)N/N=C/c3ccc(CO)c4ccccc34)cc2Cl)cc1.P=S. The van der Waals surface area contributed by atoms with Crippen LogP contribution in [0.2, 0.25) is 5.02 Å². The Morgan fingerprint density at radius 3 is 2.43 bits per heavy atom. The van der Waals surface area contributed by atoms with Crippen molar-refractivity contribution in [2.45, 2.75) is 20.1 Å². The number of aliphatic hydroxyl groups excluding tert-OH is 1. The topological polar surface area (TPSA) is 80.2 Å². The summed E-state index contributed by atoms with van der Waals surface area (Å²) < 4.78 is 11.2. The number of halogens is 1. The molecule has 37 heavy (non-hydrogen) atoms. The molecule has 0 aliphatic heterocycles. The molecule has 0 spiro atoms. The first-order chi connectivity index (χ1) is 18.1. The van der Waals surface area contributed by atoms with Gasteiger partial charge in [-0.2, -0.15) is 5.10 Å². The van der Waals surface area contributed by atoms with E-state index < -0.39 is 5.91 Å². The van der Waals surface area contributed by atoms with Crippen LogP contribution in [0.1, 0.15) is 34.0 Å². The monoisotopic (exact) mass is 552 g/mol. The number of hydrazone groups is 1. The van der Waals surface area contributed by atoms with Crippen LogP contribution in [0.25, 0.3) is 10.8 Å². The molecule has 0 heterocycles. The second-order valence-electron chi connectivity index (χ2n) is 7.73. The van der Waals surface area contributed by atoms with Crippen molar-refractivity contribution in [2.75, 3.05) is 6.61 Å². The number of ether oxygens (including phenoxy) is 2. The predicted molar refractivity (Wildman–Crippen MR) is 154 cm³/mol. The van der Waals surface area contributed by atoms with Crippen molar-refractivity contribution in [1.82, 2.24) is 5.43 Å². The van der Waals surface area contributed by atoms with Crippen LogP contribution in [0.5, 0.6) is 11.5 Å². The van der Waals surface area contributed by atoms with Gasteiger partial charge in [0.1, 0.15) is 18.1 Å². The molecule has 0 atom stereocenters. The lowest BCUT2D eigenvalue weighted by Crippen LogP contribution is -2.17. The number of carbonyl (C=O) groups excluding carboxylic acids is 1. The second-order valence-corrected chi connectivity index (χ2v) is 8.13. The number of rotatable bonds is 9. The first kappa shape index (κ1) is 28.2. The number of aliphatic hydroxyl groups is 1. The van der Waals surface area contributed by atoms with E-state index >= 15 is 0 Å². The Morgan fingerprint density at radius 1 is 1.03 bits per heavy atom. The minimum Gasteiger partial charge on any atom is -0.494 e. The molecule has 1 amide bonds. The number of hydrogen-bond donors (Lipinski definition) is 2. The Hall–Kier alpha value is -3.35. The van der Waals surface area contributed by atoms with Gasteiger partial charge in [-0.05, 0) is 67.2 Å². The van der Waals surface area contributed by atoms with E-state index in [-0.39, 0.29) is 6.61 Å². The van der Waals surface area contributed by atoms with E-state index in [1.165, 1.54) is 0 Å². The van der Waals surface area contributed by atoms with Crippen LogP contribution in [0.15, 0.2) is 84.0 Å². The predicted octanol–water partition coefficient (Wildman–Crippen LogP) is 6.32. The van der Waals surface area contributed by atoms with E-state index in [0.29, 0.717) is 29.5 Å². The van der Waals surface area contributed by atoms with Crippen LogP contribution >= 0.6 is 19.6 Å². The van der Waals surface area contributed by atoms with Gasteiger partial charge in [-0.3, -0.25) is 4.79 Å². The zero-order chi connectivity index (χ0) is 26.6. The van der Waals surface area contributed by atoms with E-state index in [1.807, 2.05) is 67.6 Å². The molecule has 0 aliphatic carbocycles. The molecule has 9 heteroatoms. The number of hydrogen-bond acceptors (Lipinski definition) is 6. The van der Waals surface area contributed by atoms with Crippen LogP contribution in [-0.4, -0.2) is 23.8 Å². The minimum atomic E-state index is -0.391. The third kappa shape index (κ3) is 7.57. The van der Waals surface area contributed by atoms with Gasteiger partial charge in [-0.25, -0.2) is 5.43 Å². The molecule has 0 saturated heterocycles. The molecule has 2 N–H and O–H groups in total. The number of fused-ring (bicyclic) bond motifs is 1. The van der Waals surface area contributed by atoms with E-state index in [1.54, 1.807) is 24.4 Å². The third-order valence-electron chi connectivity index (χ3n) is 5.41. The molecule has 0 bridgehead atoms. The molecule has 0 saturated carbocycles. The van der Waals surface area contributed by atoms with Gasteiger partial charge in [0.15, 0.2) is 0 Å². The van der Waals surface area contributed by atoms with Gasteiger partial charge in [-0.1, -0.05) is 71.9 Å². The summed E-state index contributed by atoms with van der Waals surface area (Å²) in [5.41, 5.74) is 5.53. The van der Waals surface area contributed by atoms with E-state index in [4.69, 9.17) is 21.1 Å². The van der Waals surface area contributed by atoms with E-state index in [2.05, 4.69) is 30.3 Å². The maximum atomic E-state index is 12.6. The Balaban J connectivity index is 0.00000186. The fraction of sp³-hybridized carbons (Fsp3) is 0.143. The lowest BCUT2D eigenvalue weighted by molar-refractivity contribution is 0.0955. The first-order valence-electron chi connectivity index (χ1n) is 11.4. The zero-order valence-electron chi connectivity index (χ0n) is 20.1. The van der Waals surface area contributed by atoms with Gasteiger partial charge in [0.2, 0.25) is 0 Å². The Labute approximate surface area is 228 Å². The minimum absolute atomic E-state index is 0.0463. The van der Waals surface area contributed by atoms with Crippen molar-refractivity contribution in [2.24, 2.45) is 5.10 Å². The summed E-state index contributed by atoms with van der Waals surface area (Å²) in [4.78, 5) is 12.6. The van der Waals surface area contributed by atoms with Gasteiger partial charge >= 0.3 is 0 Å². The summed E-state index contributed by atoms with van der Waals surface area (Å²) in [7, 11) is 2.56. The van der Waals surface area contributed by atoms with Gasteiger partial charge in [0.25, 0.3) is 5.91 Å². The molecule has 4 aromatic carbocycles. The van der Waals surface area contributed by atoms with Gasteiger partial charge in [0.05, 0.1) is 24.5 Å². The average molecular weight is 553 g/mol. The number of nitrogens with one attached hydrogen (secondary N) is 1. The lowest BCUT2D eigenvalue weighted by Gasteiger charge is -2.10. The maximum Gasteiger partial charge on any atom is 0.271 e. The van der Waals surface area contributed by atoms with E-state index in [0.717, 1.165) is 33.2 Å². The van der Waals surface area contributed by atoms with Crippen LogP contribution < -0.4 is 14.9 Å². The largest absolute Gasteiger partial charge is 0.494 e. The molecule has 0 unspecified atom stereocenters. The summed E-state index contributed by atoms with van der Waals surface area (Å²) in [5.74, 6) is 0.899. The van der Waals surface area contributed by atoms with Gasteiger partial charge in [0, 0.05) is 11.1 Å². The average Bonchev–Trinajstić information content (AvgIpc) is 2.94. The number of nitrogens with zero attached hydrogens (tertiary/aromatic N) is 1. The Bertz CT molecular complexity index is 1380. The fourth-order valence-electron chi connectivity index (χ4n) is 3.63. The summed E-state index contributed by atoms with van der Waals surface area (Å²) >= 11 is 10.2. The molecule has 0 radical (unpaired) electrons. The first-order valence-corrected chi connectivity index (χ1v) is 13.4. The second kappa shape index (κ2) is 14.4. The molecule has 0 aromatic heterocycles. The highest BCUT2D eigenvalue weighted by Crippen LogP contribution is 2.27. The Kier molecular flexibility index (Phi) is 11.0. The van der Waals surface area contributed by atoms with Crippen LogP contribution in [0.3, 0.4) is 0 Å². The van der Waals surface area contributed by atoms with Crippen molar-refractivity contribution < 1.29 is 19.4 Å². The van der Waals surface area contributed by atoms with Crippen LogP contribution in [0.4, 0.5) is 0 Å². The molecule has 6 nitrogen and oxygen atoms in total. The quantitative estimate of drug-likeness (QED) is 0.144. The molecule has 0 aliphatic rings. The lowest BCUT2D eigenvalue weighted by atomic mass is 10.0. The highest BCUT2D eigenvalue weighted by molar-refractivity contribution is 7.88. The van der Waals surface area contributed by atoms with Crippen molar-refractivity contribution >= 4 is 54.3 Å². The van der Waals surface area contributed by atoms with Crippen LogP contribution in [-0.2, 0) is 25.0 Å². The summed E-state index contributed by atoms with van der Waals surface area (Å²) in [6.45, 7) is 2.85. The van der Waals surface area contributed by atoms with Crippen molar-refractivity contribution in [1.29, 1.82) is 0 Å². The van der Waals surface area contributed by atoms with Crippen molar-refractivity contribution in [3.8, 4) is 11.5 Å². The van der Waals surface area contributed by atoms with Crippen LogP contribution in [0, 0.1) is 0 Å². The molecule has 190 valence electrons. The smallest absolute Gasteiger partial charge is 0.271 e. The van der Waals surface area contributed by atoms with E-state index in [9.17, 15) is 9.90 Å². The normalized spacial score (nSPS) is 10.6. The Morgan fingerprint density at radius 2 is 1.76 bits per heavy atom. The third-order valence-corrected chi connectivity index (χ3v) is 5.71. The zero-order valence-corrected chi connectivity index (χ0v) is 22.7. The molecule has 4 rings (SSSR count). The number of benzene rings is 4. The fourth-order valence-corrected chi connectivity index (χ4v) is 3.86. The van der Waals surface area contributed by atoms with Gasteiger partial charge < -0.3 is 14.6 Å². The highest BCUT2D eigenvalue weighted by Gasteiger charge is 2.10. The van der Waals surface area contributed by atoms with Crippen molar-refractivity contribution in [3.63, 3.8) is 0 Å². The van der Waals surface area contributed by atoms with Crippen molar-refractivity contribution in [3.05, 3.63) is 106 Å². The molecular weight excluding hydrogens is 527 g/mol. The highest BCUT2D eigenvalue weighted by atomic mass is 35.5. The number of carbonyl (C=O) groups is 1. The maximum absolute atomic E-state index is 12.6.